The van der Waals surface area contributed by atoms with E-state index in [1.807, 2.05) is 0 Å². The van der Waals surface area contributed by atoms with E-state index < -0.39 is 17.3 Å². The van der Waals surface area contributed by atoms with Gasteiger partial charge in [-0.2, -0.15) is 0 Å². The fourth-order valence-electron chi connectivity index (χ4n) is 2.74. The minimum atomic E-state index is -0.792. The van der Waals surface area contributed by atoms with Gasteiger partial charge in [0.25, 0.3) is 0 Å². The Kier molecular flexibility index (Phi) is 3.17. The fourth-order valence-corrected chi connectivity index (χ4v) is 2.74. The summed E-state index contributed by atoms with van der Waals surface area (Å²) in [4.78, 5) is 35.0. The van der Waals surface area contributed by atoms with E-state index in [1.54, 1.807) is 0 Å². The van der Waals surface area contributed by atoms with Crippen LogP contribution in [0.3, 0.4) is 0 Å². The van der Waals surface area contributed by atoms with Gasteiger partial charge in [-0.1, -0.05) is 0 Å². The number of Topliss-reactive ketones (excluding diaryl/α,β-unsaturated/α-hetero) is 1. The number of hydrogen-bond acceptors (Lipinski definition) is 5. The minimum absolute atomic E-state index is 0.124. The number of cyclic esters (lactones) is 1. The molecule has 5 nitrogen and oxygen atoms in total. The molecule has 5 heteroatoms. The minimum Gasteiger partial charge on any atom is -0.468 e. The van der Waals surface area contributed by atoms with Crippen molar-refractivity contribution >= 4 is 17.7 Å². The van der Waals surface area contributed by atoms with Crippen LogP contribution in [0.1, 0.15) is 32.1 Å². The van der Waals surface area contributed by atoms with Crippen molar-refractivity contribution in [2.45, 2.75) is 32.1 Å². The quantitative estimate of drug-likeness (QED) is 0.502. The largest absolute Gasteiger partial charge is 0.468 e. The molecule has 1 saturated carbocycles. The number of hydrogen-bond donors (Lipinski definition) is 0. The third-order valence-electron chi connectivity index (χ3n) is 3.79. The standard InChI is InChI=1S/C12H16O5/c1-16-10(14)8-7-12(5-3-9(8)13)4-2-6-17-11(12)15/h8H,2-7H2,1H3. The van der Waals surface area contributed by atoms with Gasteiger partial charge in [-0.25, -0.2) is 0 Å². The molecular formula is C12H16O5. The molecule has 2 fully saturated rings. The van der Waals surface area contributed by atoms with Crippen LogP contribution in [-0.2, 0) is 23.9 Å². The van der Waals surface area contributed by atoms with E-state index in [9.17, 15) is 14.4 Å². The topological polar surface area (TPSA) is 69.7 Å². The zero-order chi connectivity index (χ0) is 12.5. The van der Waals surface area contributed by atoms with E-state index in [0.29, 0.717) is 19.4 Å². The van der Waals surface area contributed by atoms with Gasteiger partial charge >= 0.3 is 11.9 Å². The van der Waals surface area contributed by atoms with Gasteiger partial charge in [0, 0.05) is 6.42 Å². The second-order valence-electron chi connectivity index (χ2n) is 4.77. The van der Waals surface area contributed by atoms with Crippen molar-refractivity contribution < 1.29 is 23.9 Å². The highest BCUT2D eigenvalue weighted by molar-refractivity contribution is 6.00. The van der Waals surface area contributed by atoms with E-state index in [1.165, 1.54) is 7.11 Å². The highest BCUT2D eigenvalue weighted by Crippen LogP contribution is 2.44. The Morgan fingerprint density at radius 2 is 2.18 bits per heavy atom. The van der Waals surface area contributed by atoms with Crippen LogP contribution in [0.15, 0.2) is 0 Å². The predicted octanol–water partition coefficient (Wildman–Crippen LogP) is 0.852. The maximum atomic E-state index is 11.8. The van der Waals surface area contributed by atoms with E-state index >= 15 is 0 Å². The van der Waals surface area contributed by atoms with Gasteiger partial charge in [0.1, 0.15) is 11.7 Å². The first-order chi connectivity index (χ1) is 8.09. The molecule has 17 heavy (non-hydrogen) atoms. The van der Waals surface area contributed by atoms with Crippen molar-refractivity contribution in [3.8, 4) is 0 Å². The maximum absolute atomic E-state index is 11.8. The van der Waals surface area contributed by atoms with Crippen molar-refractivity contribution in [3.63, 3.8) is 0 Å². The van der Waals surface area contributed by atoms with Crippen LogP contribution in [0.2, 0.25) is 0 Å². The Labute approximate surface area is 99.5 Å². The Balaban J connectivity index is 2.18. The van der Waals surface area contributed by atoms with Crippen molar-refractivity contribution in [3.05, 3.63) is 0 Å². The van der Waals surface area contributed by atoms with Crippen LogP contribution >= 0.6 is 0 Å². The lowest BCUT2D eigenvalue weighted by atomic mass is 9.66. The summed E-state index contributed by atoms with van der Waals surface area (Å²) < 4.78 is 9.68. The molecule has 1 aliphatic heterocycles. The molecule has 1 spiro atoms. The summed E-state index contributed by atoms with van der Waals surface area (Å²) in [5.74, 6) is -1.71. The van der Waals surface area contributed by atoms with Gasteiger partial charge < -0.3 is 9.47 Å². The molecule has 1 heterocycles. The van der Waals surface area contributed by atoms with Gasteiger partial charge in [-0.3, -0.25) is 14.4 Å². The van der Waals surface area contributed by atoms with E-state index in [4.69, 9.17) is 4.74 Å². The summed E-state index contributed by atoms with van der Waals surface area (Å²) in [6.45, 7) is 0.442. The molecule has 0 aromatic rings. The highest BCUT2D eigenvalue weighted by Gasteiger charge is 2.50. The molecule has 1 aliphatic carbocycles. The Morgan fingerprint density at radius 3 is 2.82 bits per heavy atom. The normalized spacial score (nSPS) is 33.4. The SMILES string of the molecule is COC(=O)C1CC2(CCCOC2=O)CCC1=O. The summed E-state index contributed by atoms with van der Waals surface area (Å²) in [6, 6.07) is 0. The van der Waals surface area contributed by atoms with Gasteiger partial charge in [0.15, 0.2) is 0 Å². The Morgan fingerprint density at radius 1 is 1.41 bits per heavy atom. The zero-order valence-electron chi connectivity index (χ0n) is 9.86. The Bertz CT molecular complexity index is 354. The van der Waals surface area contributed by atoms with Gasteiger partial charge in [0.05, 0.1) is 19.1 Å². The van der Waals surface area contributed by atoms with Crippen LogP contribution in [0, 0.1) is 11.3 Å². The first-order valence-electron chi connectivity index (χ1n) is 5.87. The summed E-state index contributed by atoms with van der Waals surface area (Å²) >= 11 is 0. The van der Waals surface area contributed by atoms with Gasteiger partial charge in [0.2, 0.25) is 0 Å². The van der Waals surface area contributed by atoms with Crippen LogP contribution in [0.25, 0.3) is 0 Å². The molecular weight excluding hydrogens is 224 g/mol. The molecule has 0 radical (unpaired) electrons. The monoisotopic (exact) mass is 240 g/mol. The first kappa shape index (κ1) is 12.1. The smallest absolute Gasteiger partial charge is 0.316 e. The molecule has 2 rings (SSSR count). The maximum Gasteiger partial charge on any atom is 0.316 e. The molecule has 94 valence electrons. The average molecular weight is 240 g/mol. The number of rotatable bonds is 1. The lowest BCUT2D eigenvalue weighted by Gasteiger charge is -2.39. The first-order valence-corrected chi connectivity index (χ1v) is 5.87. The molecule has 2 aliphatic rings. The van der Waals surface area contributed by atoms with Gasteiger partial charge in [-0.05, 0) is 25.7 Å². The third-order valence-corrected chi connectivity index (χ3v) is 3.79. The summed E-state index contributed by atoms with van der Waals surface area (Å²) in [5, 5.41) is 0. The molecule has 0 amide bonds. The Hall–Kier alpha value is -1.39. The van der Waals surface area contributed by atoms with Crippen LogP contribution < -0.4 is 0 Å². The number of ketones is 1. The molecule has 0 N–H and O–H groups in total. The van der Waals surface area contributed by atoms with Crippen molar-refractivity contribution in [1.29, 1.82) is 0 Å². The average Bonchev–Trinajstić information content (AvgIpc) is 2.35. The molecule has 0 aromatic heterocycles. The van der Waals surface area contributed by atoms with Crippen molar-refractivity contribution in [2.24, 2.45) is 11.3 Å². The zero-order valence-corrected chi connectivity index (χ0v) is 9.86. The fraction of sp³-hybridized carbons (Fsp3) is 0.750. The summed E-state index contributed by atoms with van der Waals surface area (Å²) in [6.07, 6.45) is 2.50. The van der Waals surface area contributed by atoms with Crippen molar-refractivity contribution in [2.75, 3.05) is 13.7 Å². The third kappa shape index (κ3) is 2.06. The van der Waals surface area contributed by atoms with Crippen LogP contribution in [0.5, 0.6) is 0 Å². The number of ether oxygens (including phenoxy) is 2. The molecule has 0 aromatic carbocycles. The summed E-state index contributed by atoms with van der Waals surface area (Å²) in [7, 11) is 1.26. The number of esters is 2. The lowest BCUT2D eigenvalue weighted by molar-refractivity contribution is -0.169. The number of carbonyl (C=O) groups excluding carboxylic acids is 3. The predicted molar refractivity (Wildman–Crippen MR) is 57.0 cm³/mol. The molecule has 2 unspecified atom stereocenters. The second-order valence-corrected chi connectivity index (χ2v) is 4.77. The van der Waals surface area contributed by atoms with Crippen molar-refractivity contribution in [1.82, 2.24) is 0 Å². The van der Waals surface area contributed by atoms with Gasteiger partial charge in [-0.15, -0.1) is 0 Å². The second kappa shape index (κ2) is 4.47. The van der Waals surface area contributed by atoms with E-state index in [-0.39, 0.29) is 24.6 Å². The van der Waals surface area contributed by atoms with E-state index in [2.05, 4.69) is 4.74 Å². The molecule has 2 atom stereocenters. The number of methoxy groups -OCH3 is 1. The lowest BCUT2D eigenvalue weighted by Crippen LogP contribution is -2.46. The summed E-state index contributed by atoms with van der Waals surface area (Å²) in [5.41, 5.74) is -0.634. The highest BCUT2D eigenvalue weighted by atomic mass is 16.5. The molecule has 1 saturated heterocycles. The van der Waals surface area contributed by atoms with E-state index in [0.717, 1.165) is 6.42 Å². The van der Waals surface area contributed by atoms with Crippen LogP contribution in [0.4, 0.5) is 0 Å². The molecule has 0 bridgehead atoms. The van der Waals surface area contributed by atoms with Crippen LogP contribution in [-0.4, -0.2) is 31.4 Å². The number of carbonyl (C=O) groups is 3.